The number of anilines is 1. The van der Waals surface area contributed by atoms with Gasteiger partial charge >= 0.3 is 0 Å². The first-order chi connectivity index (χ1) is 16.0. The molecule has 0 heterocycles. The van der Waals surface area contributed by atoms with E-state index in [0.29, 0.717) is 22.8 Å². The van der Waals surface area contributed by atoms with Gasteiger partial charge in [-0.1, -0.05) is 49.2 Å². The molecule has 0 fully saturated rings. The molecule has 0 unspecified atom stereocenters. The molecule has 0 aliphatic carbocycles. The topological polar surface area (TPSA) is 86.8 Å². The number of hydrogen-bond acceptors (Lipinski definition) is 4. The van der Waals surface area contributed by atoms with E-state index in [-0.39, 0.29) is 12.5 Å². The fraction of sp³-hybridized carbons (Fsp3) is 0.440. The van der Waals surface area contributed by atoms with Crippen LogP contribution in [0.25, 0.3) is 0 Å². The Labute approximate surface area is 208 Å². The minimum atomic E-state index is -3.78. The van der Waals surface area contributed by atoms with Gasteiger partial charge in [-0.25, -0.2) is 8.42 Å². The molecule has 0 aromatic heterocycles. The fourth-order valence-electron chi connectivity index (χ4n) is 3.58. The van der Waals surface area contributed by atoms with E-state index in [2.05, 4.69) is 5.32 Å². The highest BCUT2D eigenvalue weighted by atomic mass is 35.5. The molecule has 0 saturated carbocycles. The predicted molar refractivity (Wildman–Crippen MR) is 137 cm³/mol. The first-order valence-electron chi connectivity index (χ1n) is 11.3. The molecular weight excluding hydrogens is 474 g/mol. The third kappa shape index (κ3) is 7.46. The van der Waals surface area contributed by atoms with E-state index in [0.717, 1.165) is 34.5 Å². The number of benzene rings is 2. The summed E-state index contributed by atoms with van der Waals surface area (Å²) in [4.78, 5) is 27.8. The molecule has 0 aliphatic rings. The van der Waals surface area contributed by atoms with Crippen molar-refractivity contribution in [3.05, 3.63) is 64.2 Å². The van der Waals surface area contributed by atoms with Gasteiger partial charge in [-0.05, 0) is 62.1 Å². The van der Waals surface area contributed by atoms with Crippen molar-refractivity contribution in [3.8, 4) is 0 Å². The lowest BCUT2D eigenvalue weighted by Gasteiger charge is -2.32. The van der Waals surface area contributed by atoms with E-state index in [1.54, 1.807) is 32.0 Å². The van der Waals surface area contributed by atoms with Gasteiger partial charge in [0.2, 0.25) is 21.8 Å². The third-order valence-corrected chi connectivity index (χ3v) is 7.07. The Balaban J connectivity index is 2.39. The molecule has 1 atom stereocenters. The van der Waals surface area contributed by atoms with Gasteiger partial charge in [-0.3, -0.25) is 13.9 Å². The number of halogens is 1. The zero-order chi connectivity index (χ0) is 25.5. The zero-order valence-corrected chi connectivity index (χ0v) is 22.0. The third-order valence-electron chi connectivity index (χ3n) is 5.71. The number of rotatable bonds is 11. The van der Waals surface area contributed by atoms with E-state index >= 15 is 0 Å². The van der Waals surface area contributed by atoms with Crippen LogP contribution in [0, 0.1) is 13.8 Å². The largest absolute Gasteiger partial charge is 0.354 e. The average Bonchev–Trinajstić information content (AvgIpc) is 2.76. The van der Waals surface area contributed by atoms with Crippen LogP contribution >= 0.6 is 11.6 Å². The molecule has 2 amide bonds. The molecule has 2 rings (SSSR count). The van der Waals surface area contributed by atoms with Gasteiger partial charge in [0, 0.05) is 18.1 Å². The number of nitrogens with one attached hydrogen (secondary N) is 1. The first kappa shape index (κ1) is 27.7. The lowest BCUT2D eigenvalue weighted by Crippen LogP contribution is -2.51. The average molecular weight is 508 g/mol. The van der Waals surface area contributed by atoms with Gasteiger partial charge < -0.3 is 10.2 Å². The van der Waals surface area contributed by atoms with Crippen molar-refractivity contribution in [2.75, 3.05) is 23.7 Å². The minimum Gasteiger partial charge on any atom is -0.354 e. The molecule has 0 saturated heterocycles. The van der Waals surface area contributed by atoms with E-state index in [9.17, 15) is 18.0 Å². The number of amides is 2. The number of carbonyl (C=O) groups excluding carboxylic acids is 2. The molecule has 0 bridgehead atoms. The van der Waals surface area contributed by atoms with Crippen molar-refractivity contribution in [2.24, 2.45) is 0 Å². The summed E-state index contributed by atoms with van der Waals surface area (Å²) in [7, 11) is -3.78. The molecule has 0 spiro atoms. The van der Waals surface area contributed by atoms with E-state index < -0.39 is 28.5 Å². The second kappa shape index (κ2) is 12.2. The number of sulfonamides is 1. The summed E-state index contributed by atoms with van der Waals surface area (Å²) in [6.45, 7) is 7.64. The molecule has 2 aromatic rings. The summed E-state index contributed by atoms with van der Waals surface area (Å²) in [6.07, 6.45) is 2.83. The lowest BCUT2D eigenvalue weighted by molar-refractivity contribution is -0.139. The highest BCUT2D eigenvalue weighted by Crippen LogP contribution is 2.26. The van der Waals surface area contributed by atoms with Crippen LogP contribution in [0.1, 0.15) is 43.4 Å². The number of carbonyl (C=O) groups is 2. The van der Waals surface area contributed by atoms with Crippen molar-refractivity contribution >= 4 is 39.1 Å². The van der Waals surface area contributed by atoms with Crippen LogP contribution in [0.3, 0.4) is 0 Å². The van der Waals surface area contributed by atoms with Crippen molar-refractivity contribution in [2.45, 2.75) is 53.1 Å². The molecule has 186 valence electrons. The monoisotopic (exact) mass is 507 g/mol. The molecular formula is C25H34ClN3O4S. The van der Waals surface area contributed by atoms with Crippen LogP contribution in [0.2, 0.25) is 5.02 Å². The van der Waals surface area contributed by atoms with Gasteiger partial charge in [0.1, 0.15) is 12.6 Å². The van der Waals surface area contributed by atoms with Crippen LogP contribution in [-0.2, 0) is 26.2 Å². The van der Waals surface area contributed by atoms with E-state index in [1.165, 1.54) is 4.90 Å². The second-order valence-corrected chi connectivity index (χ2v) is 10.8. The summed E-state index contributed by atoms with van der Waals surface area (Å²) in [6, 6.07) is 11.6. The molecule has 34 heavy (non-hydrogen) atoms. The normalized spacial score (nSPS) is 12.2. The number of nitrogens with zero attached hydrogens (tertiary/aromatic N) is 2. The number of aryl methyl sites for hydroxylation is 2. The number of unbranched alkanes of at least 4 members (excludes halogenated alkanes) is 1. The number of hydrogen-bond donors (Lipinski definition) is 1. The zero-order valence-electron chi connectivity index (χ0n) is 20.5. The van der Waals surface area contributed by atoms with Gasteiger partial charge in [-0.15, -0.1) is 0 Å². The lowest BCUT2D eigenvalue weighted by atomic mass is 10.1. The van der Waals surface area contributed by atoms with Gasteiger partial charge in [-0.2, -0.15) is 0 Å². The summed E-state index contributed by atoms with van der Waals surface area (Å²) in [5.41, 5.74) is 2.86. The van der Waals surface area contributed by atoms with Crippen LogP contribution < -0.4 is 9.62 Å². The summed E-state index contributed by atoms with van der Waals surface area (Å²) < 4.78 is 26.4. The first-order valence-corrected chi connectivity index (χ1v) is 13.5. The Hall–Kier alpha value is -2.58. The standard InChI is InChI=1S/C25H34ClN3O4S/c1-6-7-14-27-25(31)20(4)28(16-21-11-9-8-10-18(21)2)24(30)17-29(34(5,32)33)23-13-12-22(26)15-19(23)3/h8-13,15,20H,6-7,14,16-17H2,1-5H3,(H,27,31)/t20-/m1/s1. The van der Waals surface area contributed by atoms with Gasteiger partial charge in [0.05, 0.1) is 11.9 Å². The second-order valence-electron chi connectivity index (χ2n) is 8.47. The summed E-state index contributed by atoms with van der Waals surface area (Å²) in [5, 5.41) is 3.34. The van der Waals surface area contributed by atoms with Crippen LogP contribution in [0.15, 0.2) is 42.5 Å². The molecule has 0 radical (unpaired) electrons. The van der Waals surface area contributed by atoms with Crippen molar-refractivity contribution in [1.82, 2.24) is 10.2 Å². The quantitative estimate of drug-likeness (QED) is 0.465. The SMILES string of the molecule is CCCCNC(=O)[C@@H](C)N(Cc1ccccc1C)C(=O)CN(c1ccc(Cl)cc1C)S(C)(=O)=O. The van der Waals surface area contributed by atoms with Crippen molar-refractivity contribution < 1.29 is 18.0 Å². The smallest absolute Gasteiger partial charge is 0.244 e. The molecule has 7 nitrogen and oxygen atoms in total. The summed E-state index contributed by atoms with van der Waals surface area (Å²) in [5.74, 6) is -0.745. The minimum absolute atomic E-state index is 0.186. The van der Waals surface area contributed by atoms with Crippen LogP contribution in [-0.4, -0.2) is 50.5 Å². The Morgan fingerprint density at radius 3 is 2.35 bits per heavy atom. The highest BCUT2D eigenvalue weighted by molar-refractivity contribution is 7.92. The molecule has 1 N–H and O–H groups in total. The predicted octanol–water partition coefficient (Wildman–Crippen LogP) is 4.06. The molecule has 0 aliphatic heterocycles. The van der Waals surface area contributed by atoms with Gasteiger partial charge in [0.15, 0.2) is 0 Å². The van der Waals surface area contributed by atoms with Crippen molar-refractivity contribution in [1.29, 1.82) is 0 Å². The van der Waals surface area contributed by atoms with Crippen molar-refractivity contribution in [3.63, 3.8) is 0 Å². The maximum Gasteiger partial charge on any atom is 0.244 e. The Morgan fingerprint density at radius 2 is 1.76 bits per heavy atom. The maximum atomic E-state index is 13.6. The van der Waals surface area contributed by atoms with Crippen LogP contribution in [0.5, 0.6) is 0 Å². The summed E-state index contributed by atoms with van der Waals surface area (Å²) >= 11 is 6.04. The van der Waals surface area contributed by atoms with E-state index in [1.807, 2.05) is 38.1 Å². The van der Waals surface area contributed by atoms with Crippen LogP contribution in [0.4, 0.5) is 5.69 Å². The maximum absolute atomic E-state index is 13.6. The Kier molecular flexibility index (Phi) is 9.94. The molecule has 9 heteroatoms. The van der Waals surface area contributed by atoms with Gasteiger partial charge in [0.25, 0.3) is 0 Å². The fourth-order valence-corrected chi connectivity index (χ4v) is 4.72. The Bertz CT molecular complexity index is 1120. The Morgan fingerprint density at radius 1 is 1.09 bits per heavy atom. The van der Waals surface area contributed by atoms with E-state index in [4.69, 9.17) is 11.6 Å². The highest BCUT2D eigenvalue weighted by Gasteiger charge is 2.30. The molecule has 2 aromatic carbocycles.